The van der Waals surface area contributed by atoms with Gasteiger partial charge >= 0.3 is 0 Å². The molecule has 0 rings (SSSR count). The van der Waals surface area contributed by atoms with Crippen LogP contribution >= 0.6 is 0 Å². The highest BCUT2D eigenvalue weighted by molar-refractivity contribution is 4.78. The van der Waals surface area contributed by atoms with Crippen LogP contribution in [0.25, 0.3) is 0 Å². The highest BCUT2D eigenvalue weighted by Gasteiger charge is 2.19. The predicted molar refractivity (Wildman–Crippen MR) is 56.4 cm³/mol. The van der Waals surface area contributed by atoms with Crippen molar-refractivity contribution >= 4 is 0 Å². The van der Waals surface area contributed by atoms with Crippen LogP contribution in [0.3, 0.4) is 0 Å². The maximum absolute atomic E-state index is 8.51. The fraction of sp³-hybridized carbons (Fsp3) is 0.909. The van der Waals surface area contributed by atoms with Crippen molar-refractivity contribution in [2.24, 2.45) is 0 Å². The van der Waals surface area contributed by atoms with Crippen LogP contribution in [0, 0.1) is 11.3 Å². The maximum Gasteiger partial charge on any atom is 0.0622 e. The lowest BCUT2D eigenvalue weighted by molar-refractivity contribution is 0.117. The molecular weight excluding hydrogens is 160 g/mol. The van der Waals surface area contributed by atoms with Gasteiger partial charge in [-0.15, -0.1) is 0 Å². The number of hydrogen-bond acceptors (Lipinski definition) is 2. The van der Waals surface area contributed by atoms with Crippen LogP contribution in [0.15, 0.2) is 0 Å². The zero-order valence-electron chi connectivity index (χ0n) is 9.54. The van der Waals surface area contributed by atoms with Gasteiger partial charge in [0.25, 0.3) is 0 Å². The molecule has 0 saturated heterocycles. The van der Waals surface area contributed by atoms with Crippen LogP contribution in [0.4, 0.5) is 0 Å². The van der Waals surface area contributed by atoms with E-state index in [1.807, 2.05) is 0 Å². The molecule has 0 fully saturated rings. The second kappa shape index (κ2) is 5.99. The van der Waals surface area contributed by atoms with Gasteiger partial charge in [-0.1, -0.05) is 0 Å². The average molecular weight is 182 g/mol. The standard InChI is InChI=1S/C11H22N2/c1-9(2)13(10(3)4)11(5)7-6-8-12/h9-11H,6-7H2,1-5H3. The first kappa shape index (κ1) is 12.4. The zero-order valence-corrected chi connectivity index (χ0v) is 9.54. The molecule has 0 aliphatic carbocycles. The summed E-state index contributed by atoms with van der Waals surface area (Å²) in [5.41, 5.74) is 0. The summed E-state index contributed by atoms with van der Waals surface area (Å²) in [4.78, 5) is 2.46. The summed E-state index contributed by atoms with van der Waals surface area (Å²) in [6, 6.07) is 3.85. The molecule has 0 aliphatic rings. The third-order valence-electron chi connectivity index (χ3n) is 2.38. The molecule has 13 heavy (non-hydrogen) atoms. The summed E-state index contributed by atoms with van der Waals surface area (Å²) in [5, 5.41) is 8.51. The fourth-order valence-electron chi connectivity index (χ4n) is 2.04. The molecule has 0 aromatic heterocycles. The second-order valence-electron chi connectivity index (χ2n) is 4.18. The molecule has 2 nitrogen and oxygen atoms in total. The molecule has 0 spiro atoms. The average Bonchev–Trinajstić information content (AvgIpc) is 1.99. The third kappa shape index (κ3) is 4.28. The first-order chi connectivity index (χ1) is 6.00. The Kier molecular flexibility index (Phi) is 5.73. The lowest BCUT2D eigenvalue weighted by Crippen LogP contribution is -2.43. The minimum Gasteiger partial charge on any atom is -0.296 e. The first-order valence-corrected chi connectivity index (χ1v) is 5.15. The van der Waals surface area contributed by atoms with Crippen molar-refractivity contribution in [2.45, 2.75) is 65.6 Å². The van der Waals surface area contributed by atoms with Crippen molar-refractivity contribution < 1.29 is 0 Å². The lowest BCUT2D eigenvalue weighted by atomic mass is 10.1. The van der Waals surface area contributed by atoms with Gasteiger partial charge in [-0.3, -0.25) is 4.90 Å². The maximum atomic E-state index is 8.51. The number of rotatable bonds is 5. The van der Waals surface area contributed by atoms with E-state index >= 15 is 0 Å². The van der Waals surface area contributed by atoms with E-state index in [4.69, 9.17) is 5.26 Å². The highest BCUT2D eigenvalue weighted by Crippen LogP contribution is 2.14. The molecule has 2 heteroatoms. The van der Waals surface area contributed by atoms with E-state index in [2.05, 4.69) is 45.6 Å². The van der Waals surface area contributed by atoms with E-state index in [1.54, 1.807) is 0 Å². The Hall–Kier alpha value is -0.550. The summed E-state index contributed by atoms with van der Waals surface area (Å²) >= 11 is 0. The van der Waals surface area contributed by atoms with Crippen molar-refractivity contribution in [2.75, 3.05) is 0 Å². The summed E-state index contributed by atoms with van der Waals surface area (Å²) in [5.74, 6) is 0. The quantitative estimate of drug-likeness (QED) is 0.653. The van der Waals surface area contributed by atoms with Gasteiger partial charge in [0.1, 0.15) is 0 Å². The van der Waals surface area contributed by atoms with E-state index in [9.17, 15) is 0 Å². The smallest absolute Gasteiger partial charge is 0.0622 e. The van der Waals surface area contributed by atoms with Crippen molar-refractivity contribution in [3.8, 4) is 6.07 Å². The van der Waals surface area contributed by atoms with Crippen LogP contribution in [-0.2, 0) is 0 Å². The molecule has 0 bridgehead atoms. The van der Waals surface area contributed by atoms with Gasteiger partial charge in [0.2, 0.25) is 0 Å². The number of nitrogens with zero attached hydrogens (tertiary/aromatic N) is 2. The molecule has 0 heterocycles. The molecule has 1 atom stereocenters. The van der Waals surface area contributed by atoms with Gasteiger partial charge in [-0.05, 0) is 41.0 Å². The zero-order chi connectivity index (χ0) is 10.4. The van der Waals surface area contributed by atoms with E-state index in [-0.39, 0.29) is 0 Å². The van der Waals surface area contributed by atoms with Gasteiger partial charge in [0.05, 0.1) is 6.07 Å². The Labute approximate surface area is 82.5 Å². The van der Waals surface area contributed by atoms with Gasteiger partial charge in [-0.2, -0.15) is 5.26 Å². The van der Waals surface area contributed by atoms with Crippen LogP contribution < -0.4 is 0 Å². The van der Waals surface area contributed by atoms with E-state index < -0.39 is 0 Å². The van der Waals surface area contributed by atoms with Gasteiger partial charge < -0.3 is 0 Å². The molecule has 0 saturated carbocycles. The van der Waals surface area contributed by atoms with Crippen LogP contribution in [0.2, 0.25) is 0 Å². The van der Waals surface area contributed by atoms with Gasteiger partial charge in [0.15, 0.2) is 0 Å². The SMILES string of the molecule is CC(C)N(C(C)C)C(C)CCC#N. The normalized spacial score (nSPS) is 13.8. The Bertz CT molecular complexity index is 159. The summed E-state index contributed by atoms with van der Waals surface area (Å²) in [7, 11) is 0. The number of hydrogen-bond donors (Lipinski definition) is 0. The minimum absolute atomic E-state index is 0.514. The summed E-state index contributed by atoms with van der Waals surface area (Å²) in [6.07, 6.45) is 1.64. The molecule has 0 radical (unpaired) electrons. The fourth-order valence-corrected chi connectivity index (χ4v) is 2.04. The Morgan fingerprint density at radius 1 is 1.08 bits per heavy atom. The third-order valence-corrected chi connectivity index (χ3v) is 2.38. The van der Waals surface area contributed by atoms with Gasteiger partial charge in [0, 0.05) is 24.5 Å². The molecule has 0 aromatic rings. The van der Waals surface area contributed by atoms with Crippen molar-refractivity contribution in [1.82, 2.24) is 4.90 Å². The van der Waals surface area contributed by atoms with Crippen molar-refractivity contribution in [3.63, 3.8) is 0 Å². The Morgan fingerprint density at radius 2 is 1.54 bits per heavy atom. The van der Waals surface area contributed by atoms with Crippen LogP contribution in [-0.4, -0.2) is 23.0 Å². The second-order valence-corrected chi connectivity index (χ2v) is 4.18. The molecule has 76 valence electrons. The van der Waals surface area contributed by atoms with Crippen LogP contribution in [0.1, 0.15) is 47.5 Å². The largest absolute Gasteiger partial charge is 0.296 e. The Morgan fingerprint density at radius 3 is 1.85 bits per heavy atom. The Balaban J connectivity index is 4.13. The monoisotopic (exact) mass is 182 g/mol. The van der Waals surface area contributed by atoms with E-state index in [1.165, 1.54) is 0 Å². The van der Waals surface area contributed by atoms with E-state index in [0.717, 1.165) is 6.42 Å². The van der Waals surface area contributed by atoms with Gasteiger partial charge in [-0.25, -0.2) is 0 Å². The molecule has 0 N–H and O–H groups in total. The predicted octanol–water partition coefficient (Wildman–Crippen LogP) is 2.80. The van der Waals surface area contributed by atoms with Crippen LogP contribution in [0.5, 0.6) is 0 Å². The first-order valence-electron chi connectivity index (χ1n) is 5.15. The molecule has 0 amide bonds. The highest BCUT2D eigenvalue weighted by atomic mass is 15.2. The topological polar surface area (TPSA) is 27.0 Å². The number of nitriles is 1. The minimum atomic E-state index is 0.514. The van der Waals surface area contributed by atoms with Crippen molar-refractivity contribution in [3.05, 3.63) is 0 Å². The van der Waals surface area contributed by atoms with E-state index in [0.29, 0.717) is 24.5 Å². The molecular formula is C11H22N2. The molecule has 1 unspecified atom stereocenters. The molecule has 0 aromatic carbocycles. The van der Waals surface area contributed by atoms with Crippen molar-refractivity contribution in [1.29, 1.82) is 5.26 Å². The summed E-state index contributed by atoms with van der Waals surface area (Å²) in [6.45, 7) is 11.1. The molecule has 0 aliphatic heterocycles. The summed E-state index contributed by atoms with van der Waals surface area (Å²) < 4.78 is 0. The lowest BCUT2D eigenvalue weighted by Gasteiger charge is -2.36.